The van der Waals surface area contributed by atoms with Crippen LogP contribution in [0.3, 0.4) is 0 Å². The number of alkyl halides is 1. The molecule has 0 aromatic heterocycles. The number of nitrogens with one attached hydrogen (secondary N) is 2. The molecule has 30 heavy (non-hydrogen) atoms. The summed E-state index contributed by atoms with van der Waals surface area (Å²) in [5.41, 5.74) is 9.19. The lowest BCUT2D eigenvalue weighted by atomic mass is 9.97. The van der Waals surface area contributed by atoms with Gasteiger partial charge in [-0.05, 0) is 25.1 Å². The van der Waals surface area contributed by atoms with Gasteiger partial charge in [0.05, 0.1) is 11.3 Å². The number of carbonyl (C=O) groups is 1. The van der Waals surface area contributed by atoms with Crippen LogP contribution in [0.5, 0.6) is 0 Å². The molecular formula is C19H22Cl2N6O3. The molecule has 160 valence electrons. The molecule has 0 saturated carbocycles. The van der Waals surface area contributed by atoms with Crippen molar-refractivity contribution in [1.29, 1.82) is 5.53 Å². The summed E-state index contributed by atoms with van der Waals surface area (Å²) in [7, 11) is 2.81. The Hall–Kier alpha value is -2.91. The molecule has 0 bridgehead atoms. The molecule has 2 amide bonds. The zero-order chi connectivity index (χ0) is 22.1. The molecule has 0 spiro atoms. The topological polar surface area (TPSA) is 112 Å². The second kappa shape index (κ2) is 11.3. The number of amides is 2. The van der Waals surface area contributed by atoms with E-state index in [1.165, 1.54) is 14.2 Å². The average Bonchev–Trinajstić information content (AvgIpc) is 2.73. The van der Waals surface area contributed by atoms with Gasteiger partial charge in [-0.15, -0.1) is 11.6 Å². The number of halogens is 2. The molecule has 0 aliphatic heterocycles. The third kappa shape index (κ3) is 6.30. The average molecular weight is 453 g/mol. The molecule has 0 saturated heterocycles. The summed E-state index contributed by atoms with van der Waals surface area (Å²) in [5, 5.41) is 14.9. The van der Waals surface area contributed by atoms with Crippen molar-refractivity contribution >= 4 is 40.7 Å². The Morgan fingerprint density at radius 2 is 2.00 bits per heavy atom. The Morgan fingerprint density at radius 1 is 1.30 bits per heavy atom. The smallest absolute Gasteiger partial charge is 0.343 e. The van der Waals surface area contributed by atoms with Crippen molar-refractivity contribution in [3.8, 4) is 0 Å². The van der Waals surface area contributed by atoms with Crippen LogP contribution < -0.4 is 5.32 Å². The number of carbonyl (C=O) groups excluding carboxylic acids is 1. The van der Waals surface area contributed by atoms with Gasteiger partial charge in [-0.25, -0.2) is 4.79 Å². The minimum atomic E-state index is -0.558. The molecule has 2 N–H and O–H groups in total. The summed E-state index contributed by atoms with van der Waals surface area (Å²) in [6.07, 6.45) is 5.23. The van der Waals surface area contributed by atoms with Crippen LogP contribution in [0.2, 0.25) is 5.02 Å². The van der Waals surface area contributed by atoms with Gasteiger partial charge in [0.25, 0.3) is 0 Å². The standard InChI is InChI=1S/C19H22Cl2N6O3/c1-12(18(25-29-3)13-7-9-14(20)10-8-13)24-30-11-15-16(21)5-4-6-17(15)23-19(28)27(2)26-22/h4-10,15-16,22H,11H2,1-3H3,(H,23,28)/b24-12+,25-18+,26-22?. The van der Waals surface area contributed by atoms with Crippen LogP contribution in [0, 0.1) is 11.4 Å². The van der Waals surface area contributed by atoms with E-state index in [1.807, 2.05) is 0 Å². The maximum atomic E-state index is 12.0. The Labute approximate surface area is 184 Å². The third-order valence-corrected chi connectivity index (χ3v) is 4.85. The molecule has 9 nitrogen and oxygen atoms in total. The van der Waals surface area contributed by atoms with Crippen molar-refractivity contribution in [1.82, 2.24) is 10.3 Å². The van der Waals surface area contributed by atoms with Gasteiger partial charge in [0.1, 0.15) is 25.1 Å². The highest BCUT2D eigenvalue weighted by Gasteiger charge is 2.27. The van der Waals surface area contributed by atoms with Gasteiger partial charge in [-0.3, -0.25) is 0 Å². The van der Waals surface area contributed by atoms with Gasteiger partial charge in [-0.2, -0.15) is 10.5 Å². The van der Waals surface area contributed by atoms with Gasteiger partial charge >= 0.3 is 6.03 Å². The van der Waals surface area contributed by atoms with Gasteiger partial charge in [-0.1, -0.05) is 51.4 Å². The second-order valence-electron chi connectivity index (χ2n) is 6.21. The van der Waals surface area contributed by atoms with Crippen molar-refractivity contribution in [2.24, 2.45) is 21.5 Å². The normalized spacial score (nSPS) is 19.0. The fraction of sp³-hybridized carbons (Fsp3) is 0.316. The Kier molecular flexibility index (Phi) is 8.82. The summed E-state index contributed by atoms with van der Waals surface area (Å²) in [5.74, 6) is -0.366. The van der Waals surface area contributed by atoms with E-state index in [9.17, 15) is 4.79 Å². The number of nitrogens with zero attached hydrogens (tertiary/aromatic N) is 4. The zero-order valence-electron chi connectivity index (χ0n) is 16.7. The molecular weight excluding hydrogens is 431 g/mol. The van der Waals surface area contributed by atoms with E-state index in [4.69, 9.17) is 38.4 Å². The molecule has 0 heterocycles. The molecule has 1 aromatic carbocycles. The minimum absolute atomic E-state index is 0.102. The van der Waals surface area contributed by atoms with Crippen LogP contribution in [0.1, 0.15) is 12.5 Å². The molecule has 1 aliphatic rings. The summed E-state index contributed by atoms with van der Waals surface area (Å²) in [6.45, 7) is 1.83. The van der Waals surface area contributed by atoms with Crippen molar-refractivity contribution in [2.45, 2.75) is 12.3 Å². The van der Waals surface area contributed by atoms with Gasteiger partial charge in [0, 0.05) is 23.3 Å². The largest absolute Gasteiger partial charge is 0.399 e. The Balaban J connectivity index is 2.10. The fourth-order valence-electron chi connectivity index (χ4n) is 2.54. The van der Waals surface area contributed by atoms with Crippen LogP contribution in [0.15, 0.2) is 63.7 Å². The molecule has 0 radical (unpaired) electrons. The van der Waals surface area contributed by atoms with E-state index in [-0.39, 0.29) is 12.5 Å². The number of benzene rings is 1. The molecule has 2 rings (SSSR count). The number of hydrogen-bond donors (Lipinski definition) is 2. The van der Waals surface area contributed by atoms with Gasteiger partial charge in [0.15, 0.2) is 0 Å². The molecule has 2 unspecified atom stereocenters. The first-order valence-electron chi connectivity index (χ1n) is 8.86. The Bertz CT molecular complexity index is 883. The lowest BCUT2D eigenvalue weighted by molar-refractivity contribution is 0.117. The van der Waals surface area contributed by atoms with Crippen LogP contribution in [-0.2, 0) is 9.68 Å². The second-order valence-corrected chi connectivity index (χ2v) is 7.15. The van der Waals surface area contributed by atoms with Crippen molar-refractivity contribution in [3.05, 3.63) is 58.8 Å². The summed E-state index contributed by atoms with van der Waals surface area (Å²) in [4.78, 5) is 22.4. The van der Waals surface area contributed by atoms with Crippen LogP contribution in [-0.4, -0.2) is 48.6 Å². The third-order valence-electron chi connectivity index (χ3n) is 4.15. The summed E-state index contributed by atoms with van der Waals surface area (Å²) in [6, 6.07) is 6.51. The predicted octanol–water partition coefficient (Wildman–Crippen LogP) is 4.35. The highest BCUT2D eigenvalue weighted by molar-refractivity contribution is 6.47. The van der Waals surface area contributed by atoms with E-state index < -0.39 is 11.4 Å². The maximum Gasteiger partial charge on any atom is 0.343 e. The Morgan fingerprint density at radius 3 is 2.63 bits per heavy atom. The molecule has 1 aliphatic carbocycles. The zero-order valence-corrected chi connectivity index (χ0v) is 18.2. The van der Waals surface area contributed by atoms with Crippen molar-refractivity contribution < 1.29 is 14.5 Å². The first-order chi connectivity index (χ1) is 14.4. The van der Waals surface area contributed by atoms with E-state index in [1.54, 1.807) is 49.4 Å². The van der Waals surface area contributed by atoms with E-state index in [2.05, 4.69) is 20.9 Å². The SMILES string of the molecule is CO/N=C(\C(C)=N\OCC1C(NC(=O)N(C)N=N)=CC=CC1Cl)c1ccc(Cl)cc1. The number of oxime groups is 2. The van der Waals surface area contributed by atoms with E-state index >= 15 is 0 Å². The number of urea groups is 1. The van der Waals surface area contributed by atoms with E-state index in [0.717, 1.165) is 10.6 Å². The highest BCUT2D eigenvalue weighted by Crippen LogP contribution is 2.24. The van der Waals surface area contributed by atoms with E-state index in [0.29, 0.717) is 22.1 Å². The van der Waals surface area contributed by atoms with Crippen molar-refractivity contribution in [2.75, 3.05) is 20.8 Å². The van der Waals surface area contributed by atoms with Crippen molar-refractivity contribution in [3.63, 3.8) is 0 Å². The number of hydrogen-bond acceptors (Lipinski definition) is 7. The summed E-state index contributed by atoms with van der Waals surface area (Å²) >= 11 is 12.3. The highest BCUT2D eigenvalue weighted by atomic mass is 35.5. The van der Waals surface area contributed by atoms with Gasteiger partial charge in [0.2, 0.25) is 0 Å². The first kappa shape index (κ1) is 23.4. The molecule has 1 aromatic rings. The number of allylic oxidation sites excluding steroid dienone is 3. The molecule has 0 fully saturated rings. The molecule has 2 atom stereocenters. The van der Waals surface area contributed by atoms with Gasteiger partial charge < -0.3 is 15.0 Å². The van der Waals surface area contributed by atoms with Crippen LogP contribution >= 0.6 is 23.2 Å². The quantitative estimate of drug-likeness (QED) is 0.264. The van der Waals surface area contributed by atoms with Crippen LogP contribution in [0.4, 0.5) is 4.79 Å². The lowest BCUT2D eigenvalue weighted by Crippen LogP contribution is -2.38. The summed E-state index contributed by atoms with van der Waals surface area (Å²) < 4.78 is 0. The van der Waals surface area contributed by atoms with Crippen LogP contribution in [0.25, 0.3) is 0 Å². The monoisotopic (exact) mass is 452 g/mol. The number of rotatable bonds is 8. The maximum absolute atomic E-state index is 12.0. The molecule has 11 heteroatoms. The lowest BCUT2D eigenvalue weighted by Gasteiger charge is -2.25. The fourth-order valence-corrected chi connectivity index (χ4v) is 2.96. The first-order valence-corrected chi connectivity index (χ1v) is 9.67. The predicted molar refractivity (Wildman–Crippen MR) is 116 cm³/mol. The minimum Gasteiger partial charge on any atom is -0.399 e.